The van der Waals surface area contributed by atoms with Crippen LogP contribution < -0.4 is 5.32 Å². The fourth-order valence-corrected chi connectivity index (χ4v) is 2.08. The molecule has 0 amide bonds. The smallest absolute Gasteiger partial charge is 0.0156 e. The summed E-state index contributed by atoms with van der Waals surface area (Å²) in [5.41, 5.74) is 3.10. The zero-order chi connectivity index (χ0) is 12.9. The van der Waals surface area contributed by atoms with Crippen LogP contribution >= 0.6 is 0 Å². The zero-order valence-corrected chi connectivity index (χ0v) is 12.0. The van der Waals surface area contributed by atoms with Gasteiger partial charge in [0.25, 0.3) is 0 Å². The molecule has 1 N–H and O–H groups in total. The van der Waals surface area contributed by atoms with E-state index in [0.29, 0.717) is 11.5 Å². The van der Waals surface area contributed by atoms with E-state index < -0.39 is 0 Å². The van der Waals surface area contributed by atoms with E-state index in [2.05, 4.69) is 64.2 Å². The average Bonchev–Trinajstić information content (AvgIpc) is 2.22. The first-order valence-electron chi connectivity index (χ1n) is 6.72. The molecule has 17 heavy (non-hydrogen) atoms. The molecule has 0 heterocycles. The molecule has 1 nitrogen and oxygen atoms in total. The van der Waals surface area contributed by atoms with Crippen molar-refractivity contribution in [3.63, 3.8) is 0 Å². The minimum Gasteiger partial charge on any atom is -0.313 e. The molecule has 1 aromatic rings. The van der Waals surface area contributed by atoms with E-state index in [1.54, 1.807) is 0 Å². The molecule has 0 aliphatic heterocycles. The van der Waals surface area contributed by atoms with Crippen LogP contribution in [0.3, 0.4) is 0 Å². The van der Waals surface area contributed by atoms with Gasteiger partial charge in [-0.25, -0.2) is 0 Å². The Morgan fingerprint density at radius 3 is 2.47 bits per heavy atom. The van der Waals surface area contributed by atoms with Crippen LogP contribution in [0.4, 0.5) is 0 Å². The minimum absolute atomic E-state index is 0.304. The predicted octanol–water partition coefficient (Wildman–Crippen LogP) is 3.95. The van der Waals surface area contributed by atoms with Crippen LogP contribution in [0.5, 0.6) is 0 Å². The van der Waals surface area contributed by atoms with Crippen LogP contribution in [0.1, 0.15) is 45.2 Å². The molecule has 1 unspecified atom stereocenters. The van der Waals surface area contributed by atoms with Gasteiger partial charge in [-0.15, -0.1) is 0 Å². The molecular formula is C16H27N. The van der Waals surface area contributed by atoms with Gasteiger partial charge in [0.1, 0.15) is 0 Å². The molecule has 1 atom stereocenters. The molecule has 0 aromatic heterocycles. The SMILES string of the molecule is CCCNC(Cc1cccc(C)c1)C(C)(C)C. The summed E-state index contributed by atoms with van der Waals surface area (Å²) in [4.78, 5) is 0. The Hall–Kier alpha value is -0.820. The zero-order valence-electron chi connectivity index (χ0n) is 12.0. The second kappa shape index (κ2) is 6.20. The molecule has 1 rings (SSSR count). The lowest BCUT2D eigenvalue weighted by molar-refractivity contribution is 0.267. The molecule has 1 aromatic carbocycles. The van der Waals surface area contributed by atoms with Crippen LogP contribution in [-0.4, -0.2) is 12.6 Å². The van der Waals surface area contributed by atoms with Crippen LogP contribution in [0.2, 0.25) is 0 Å². The maximum Gasteiger partial charge on any atom is 0.0156 e. The van der Waals surface area contributed by atoms with Gasteiger partial charge in [-0.1, -0.05) is 57.5 Å². The van der Waals surface area contributed by atoms with Gasteiger partial charge in [-0.2, -0.15) is 0 Å². The summed E-state index contributed by atoms with van der Waals surface area (Å²) in [6.45, 7) is 12.4. The quantitative estimate of drug-likeness (QED) is 0.812. The number of aryl methyl sites for hydroxylation is 1. The topological polar surface area (TPSA) is 12.0 Å². The largest absolute Gasteiger partial charge is 0.313 e. The Morgan fingerprint density at radius 2 is 1.94 bits per heavy atom. The summed E-state index contributed by atoms with van der Waals surface area (Å²) in [6, 6.07) is 9.40. The third-order valence-electron chi connectivity index (χ3n) is 3.21. The van der Waals surface area contributed by atoms with Crippen LogP contribution in [0, 0.1) is 12.3 Å². The van der Waals surface area contributed by atoms with Crippen molar-refractivity contribution in [1.82, 2.24) is 5.32 Å². The van der Waals surface area contributed by atoms with E-state index in [-0.39, 0.29) is 0 Å². The number of hydrogen-bond acceptors (Lipinski definition) is 1. The second-order valence-corrected chi connectivity index (χ2v) is 6.07. The fraction of sp³-hybridized carbons (Fsp3) is 0.625. The van der Waals surface area contributed by atoms with E-state index in [4.69, 9.17) is 0 Å². The number of rotatable bonds is 5. The van der Waals surface area contributed by atoms with Gasteiger partial charge < -0.3 is 5.32 Å². The van der Waals surface area contributed by atoms with E-state index in [9.17, 15) is 0 Å². The molecule has 0 aliphatic rings. The van der Waals surface area contributed by atoms with E-state index in [0.717, 1.165) is 13.0 Å². The third-order valence-corrected chi connectivity index (χ3v) is 3.21. The molecule has 0 spiro atoms. The molecule has 0 saturated heterocycles. The fourth-order valence-electron chi connectivity index (χ4n) is 2.08. The van der Waals surface area contributed by atoms with Crippen molar-refractivity contribution < 1.29 is 0 Å². The maximum absolute atomic E-state index is 3.68. The second-order valence-electron chi connectivity index (χ2n) is 6.07. The first-order chi connectivity index (χ1) is 7.93. The Bertz CT molecular complexity index is 336. The third kappa shape index (κ3) is 4.91. The van der Waals surface area contributed by atoms with E-state index >= 15 is 0 Å². The Morgan fingerprint density at radius 1 is 1.24 bits per heavy atom. The highest BCUT2D eigenvalue weighted by molar-refractivity contribution is 5.23. The number of hydrogen-bond donors (Lipinski definition) is 1. The van der Waals surface area contributed by atoms with Crippen molar-refractivity contribution in [2.24, 2.45) is 5.41 Å². The normalized spacial score (nSPS) is 13.7. The molecule has 1 heteroatoms. The molecule has 96 valence electrons. The molecule has 0 saturated carbocycles. The highest BCUT2D eigenvalue weighted by Gasteiger charge is 2.23. The standard InChI is InChI=1S/C16H27N/c1-6-10-17-15(16(3,4)5)12-14-9-7-8-13(2)11-14/h7-9,11,15,17H,6,10,12H2,1-5H3. The molecule has 0 radical (unpaired) electrons. The highest BCUT2D eigenvalue weighted by Crippen LogP contribution is 2.23. The molecular weight excluding hydrogens is 206 g/mol. The lowest BCUT2D eigenvalue weighted by atomic mass is 9.83. The summed E-state index contributed by atoms with van der Waals surface area (Å²) in [7, 11) is 0. The molecule has 0 bridgehead atoms. The number of benzene rings is 1. The van der Waals surface area contributed by atoms with Gasteiger partial charge in [0.15, 0.2) is 0 Å². The van der Waals surface area contributed by atoms with Gasteiger partial charge >= 0.3 is 0 Å². The number of nitrogens with one attached hydrogen (secondary N) is 1. The van der Waals surface area contributed by atoms with Crippen molar-refractivity contribution in [2.45, 2.75) is 53.5 Å². The van der Waals surface area contributed by atoms with Crippen LogP contribution in [-0.2, 0) is 6.42 Å². The van der Waals surface area contributed by atoms with Crippen molar-refractivity contribution >= 4 is 0 Å². The maximum atomic E-state index is 3.68. The Balaban J connectivity index is 2.72. The van der Waals surface area contributed by atoms with Gasteiger partial charge in [0, 0.05) is 6.04 Å². The summed E-state index contributed by atoms with van der Waals surface area (Å²) in [5.74, 6) is 0. The monoisotopic (exact) mass is 233 g/mol. The van der Waals surface area contributed by atoms with Crippen molar-refractivity contribution in [1.29, 1.82) is 0 Å². The minimum atomic E-state index is 0.304. The van der Waals surface area contributed by atoms with Gasteiger partial charge in [-0.3, -0.25) is 0 Å². The summed E-state index contributed by atoms with van der Waals surface area (Å²) in [6.07, 6.45) is 2.31. The summed E-state index contributed by atoms with van der Waals surface area (Å²) in [5, 5.41) is 3.68. The Labute approximate surface area is 107 Å². The van der Waals surface area contributed by atoms with Crippen LogP contribution in [0.25, 0.3) is 0 Å². The van der Waals surface area contributed by atoms with Crippen molar-refractivity contribution in [3.05, 3.63) is 35.4 Å². The van der Waals surface area contributed by atoms with Crippen molar-refractivity contribution in [2.75, 3.05) is 6.54 Å². The lowest BCUT2D eigenvalue weighted by Crippen LogP contribution is -2.42. The van der Waals surface area contributed by atoms with E-state index in [1.807, 2.05) is 0 Å². The first kappa shape index (κ1) is 14.2. The highest BCUT2D eigenvalue weighted by atomic mass is 14.9. The predicted molar refractivity (Wildman–Crippen MR) is 76.4 cm³/mol. The van der Waals surface area contributed by atoms with Gasteiger partial charge in [-0.05, 0) is 37.3 Å². The van der Waals surface area contributed by atoms with Gasteiger partial charge in [0.05, 0.1) is 0 Å². The first-order valence-corrected chi connectivity index (χ1v) is 6.72. The van der Waals surface area contributed by atoms with Crippen molar-refractivity contribution in [3.8, 4) is 0 Å². The molecule has 0 fully saturated rings. The lowest BCUT2D eigenvalue weighted by Gasteiger charge is -2.32. The average molecular weight is 233 g/mol. The van der Waals surface area contributed by atoms with Gasteiger partial charge in [0.2, 0.25) is 0 Å². The van der Waals surface area contributed by atoms with Crippen LogP contribution in [0.15, 0.2) is 24.3 Å². The molecule has 0 aliphatic carbocycles. The van der Waals surface area contributed by atoms with E-state index in [1.165, 1.54) is 17.5 Å². The Kier molecular flexibility index (Phi) is 5.20. The summed E-state index contributed by atoms with van der Waals surface area (Å²) < 4.78 is 0. The summed E-state index contributed by atoms with van der Waals surface area (Å²) >= 11 is 0.